The fourth-order valence-electron chi connectivity index (χ4n) is 5.19. The number of furan rings is 1. The van der Waals surface area contributed by atoms with Crippen LogP contribution in [0.25, 0.3) is 11.0 Å². The third-order valence-corrected chi connectivity index (χ3v) is 7.44. The summed E-state index contributed by atoms with van der Waals surface area (Å²) in [5, 5.41) is 15.8. The molecule has 2 unspecified atom stereocenters. The molecule has 2 amide bonds. The second-order valence-electron chi connectivity index (χ2n) is 10.5. The van der Waals surface area contributed by atoms with E-state index in [1.165, 1.54) is 6.21 Å². The highest BCUT2D eigenvalue weighted by Gasteiger charge is 2.34. The SMILES string of the molecule is COc1ccc(C(NC(=O)CN2CCCCC(/C=N\C(=Nc3ccc4oc(C)cc4c3)NC#N)C2=O)C2CC2)cc1. The predicted octanol–water partition coefficient (Wildman–Crippen LogP) is 4.78. The maximum atomic E-state index is 13.4. The van der Waals surface area contributed by atoms with Crippen molar-refractivity contribution in [3.8, 4) is 11.9 Å². The van der Waals surface area contributed by atoms with Crippen LogP contribution in [0.1, 0.15) is 49.5 Å². The van der Waals surface area contributed by atoms with Gasteiger partial charge in [-0.15, -0.1) is 0 Å². The molecule has 5 rings (SSSR count). The molecule has 41 heavy (non-hydrogen) atoms. The van der Waals surface area contributed by atoms with Crippen LogP contribution in [0, 0.1) is 30.2 Å². The van der Waals surface area contributed by atoms with Gasteiger partial charge in [0.15, 0.2) is 6.19 Å². The van der Waals surface area contributed by atoms with Crippen molar-refractivity contribution in [3.05, 3.63) is 59.9 Å². The zero-order valence-electron chi connectivity index (χ0n) is 23.3. The Hall–Kier alpha value is -4.65. The number of hydrogen-bond donors (Lipinski definition) is 2. The van der Waals surface area contributed by atoms with E-state index in [9.17, 15) is 14.9 Å². The van der Waals surface area contributed by atoms with Gasteiger partial charge in [-0.1, -0.05) is 18.6 Å². The van der Waals surface area contributed by atoms with E-state index in [2.05, 4.69) is 20.6 Å². The number of guanidine groups is 1. The number of aryl methyl sites for hydroxylation is 1. The van der Waals surface area contributed by atoms with Gasteiger partial charge < -0.3 is 19.4 Å². The number of nitriles is 1. The van der Waals surface area contributed by atoms with Crippen molar-refractivity contribution >= 4 is 40.6 Å². The molecule has 0 bridgehead atoms. The number of hydrogen-bond acceptors (Lipinski definition) is 6. The fraction of sp³-hybridized carbons (Fsp3) is 0.387. The van der Waals surface area contributed by atoms with Gasteiger partial charge >= 0.3 is 0 Å². The first-order valence-electron chi connectivity index (χ1n) is 13.9. The first kappa shape index (κ1) is 27.9. The molecule has 1 aliphatic heterocycles. The lowest BCUT2D eigenvalue weighted by Gasteiger charge is -2.25. The average molecular weight is 555 g/mol. The summed E-state index contributed by atoms with van der Waals surface area (Å²) in [5.74, 6) is 1.20. The molecular weight excluding hydrogens is 520 g/mol. The predicted molar refractivity (Wildman–Crippen MR) is 156 cm³/mol. The summed E-state index contributed by atoms with van der Waals surface area (Å²) in [6, 6.07) is 15.0. The zero-order chi connectivity index (χ0) is 28.8. The fourth-order valence-corrected chi connectivity index (χ4v) is 5.19. The number of nitrogens with one attached hydrogen (secondary N) is 2. The molecule has 2 fully saturated rings. The molecule has 2 N–H and O–H groups in total. The van der Waals surface area contributed by atoms with Gasteiger partial charge in [0.05, 0.1) is 31.3 Å². The number of benzene rings is 2. The number of aliphatic imine (C=N–C) groups is 2. The number of carbonyl (C=O) groups excluding carboxylic acids is 2. The summed E-state index contributed by atoms with van der Waals surface area (Å²) in [6.07, 6.45) is 7.76. The Labute approximate surface area is 239 Å². The lowest BCUT2D eigenvalue weighted by molar-refractivity contribution is -0.137. The Morgan fingerprint density at radius 2 is 2.00 bits per heavy atom. The number of fused-ring (bicyclic) bond motifs is 1. The van der Waals surface area contributed by atoms with Crippen molar-refractivity contribution in [2.75, 3.05) is 20.2 Å². The molecule has 3 aromatic rings. The van der Waals surface area contributed by atoms with E-state index in [0.717, 1.165) is 53.7 Å². The minimum absolute atomic E-state index is 0.00985. The summed E-state index contributed by atoms with van der Waals surface area (Å²) in [5.41, 5.74) is 2.38. The molecule has 1 saturated heterocycles. The van der Waals surface area contributed by atoms with E-state index in [-0.39, 0.29) is 30.4 Å². The molecule has 2 aromatic carbocycles. The van der Waals surface area contributed by atoms with Crippen LogP contribution in [-0.2, 0) is 9.59 Å². The first-order valence-corrected chi connectivity index (χ1v) is 13.9. The van der Waals surface area contributed by atoms with E-state index >= 15 is 0 Å². The van der Waals surface area contributed by atoms with E-state index in [1.807, 2.05) is 55.6 Å². The molecule has 2 heterocycles. The van der Waals surface area contributed by atoms with Gasteiger partial charge in [-0.05, 0) is 80.5 Å². The van der Waals surface area contributed by atoms with Gasteiger partial charge in [-0.25, -0.2) is 9.98 Å². The van der Waals surface area contributed by atoms with Crippen molar-refractivity contribution in [2.45, 2.75) is 45.1 Å². The molecule has 2 aliphatic rings. The topological polar surface area (TPSA) is 132 Å². The van der Waals surface area contributed by atoms with Crippen molar-refractivity contribution in [2.24, 2.45) is 21.8 Å². The Bertz CT molecular complexity index is 1500. The third-order valence-electron chi connectivity index (χ3n) is 7.44. The Morgan fingerprint density at radius 1 is 1.20 bits per heavy atom. The second kappa shape index (κ2) is 12.7. The Kier molecular flexibility index (Phi) is 8.63. The van der Waals surface area contributed by atoms with Crippen LogP contribution in [0.2, 0.25) is 0 Å². The molecule has 10 heteroatoms. The number of rotatable bonds is 8. The summed E-state index contributed by atoms with van der Waals surface area (Å²) < 4.78 is 10.9. The van der Waals surface area contributed by atoms with E-state index < -0.39 is 5.92 Å². The first-order chi connectivity index (χ1) is 19.9. The molecule has 2 atom stereocenters. The molecule has 212 valence electrons. The summed E-state index contributed by atoms with van der Waals surface area (Å²) in [6.45, 7) is 2.37. The van der Waals surface area contributed by atoms with Crippen molar-refractivity contribution < 1.29 is 18.7 Å². The smallest absolute Gasteiger partial charge is 0.240 e. The lowest BCUT2D eigenvalue weighted by Crippen LogP contribution is -2.44. The second-order valence-corrected chi connectivity index (χ2v) is 10.5. The largest absolute Gasteiger partial charge is 0.497 e. The summed E-state index contributed by atoms with van der Waals surface area (Å²) >= 11 is 0. The van der Waals surface area contributed by atoms with Crippen LogP contribution >= 0.6 is 0 Å². The minimum Gasteiger partial charge on any atom is -0.497 e. The van der Waals surface area contributed by atoms with Gasteiger partial charge in [0.1, 0.15) is 17.1 Å². The Balaban J connectivity index is 1.25. The van der Waals surface area contributed by atoms with Crippen molar-refractivity contribution in [1.82, 2.24) is 15.5 Å². The number of carbonyl (C=O) groups is 2. The van der Waals surface area contributed by atoms with E-state index in [1.54, 1.807) is 18.1 Å². The summed E-state index contributed by atoms with van der Waals surface area (Å²) in [7, 11) is 1.63. The molecule has 1 saturated carbocycles. The average Bonchev–Trinajstić information content (AvgIpc) is 3.76. The third kappa shape index (κ3) is 7.11. The Morgan fingerprint density at radius 3 is 2.73 bits per heavy atom. The van der Waals surface area contributed by atoms with Crippen LogP contribution in [0.5, 0.6) is 5.75 Å². The number of nitrogens with zero attached hydrogens (tertiary/aromatic N) is 4. The van der Waals surface area contributed by atoms with Gasteiger partial charge in [0.25, 0.3) is 0 Å². The number of amides is 2. The van der Waals surface area contributed by atoms with Crippen molar-refractivity contribution in [1.29, 1.82) is 5.26 Å². The minimum atomic E-state index is -0.518. The van der Waals surface area contributed by atoms with Gasteiger partial charge in [-0.2, -0.15) is 5.26 Å². The zero-order valence-corrected chi connectivity index (χ0v) is 23.3. The lowest BCUT2D eigenvalue weighted by atomic mass is 10.0. The summed E-state index contributed by atoms with van der Waals surface area (Å²) in [4.78, 5) is 37.0. The monoisotopic (exact) mass is 554 g/mol. The highest BCUT2D eigenvalue weighted by Crippen LogP contribution is 2.41. The standard InChI is InChI=1S/C31H34N6O4/c1-20-15-24-16-25(10-13-27(24)41-20)35-31(34-19-32)33-17-23-5-3-4-14-37(30(23)39)18-28(38)36-29(21-6-7-21)22-8-11-26(40-2)12-9-22/h8-13,15-17,21,23,29H,3-7,14,18H2,1-2H3,(H,34,35)(H,36,38)/b33-17-. The van der Waals surface area contributed by atoms with Crippen LogP contribution in [0.15, 0.2) is 62.9 Å². The normalized spacial score (nSPS) is 18.7. The van der Waals surface area contributed by atoms with Crippen LogP contribution in [0.3, 0.4) is 0 Å². The number of methoxy groups -OCH3 is 1. The highest BCUT2D eigenvalue weighted by molar-refractivity contribution is 6.00. The molecule has 10 nitrogen and oxygen atoms in total. The maximum absolute atomic E-state index is 13.4. The molecular formula is C31H34N6O4. The molecule has 0 radical (unpaired) electrons. The van der Waals surface area contributed by atoms with Crippen LogP contribution in [-0.4, -0.2) is 49.1 Å². The molecule has 0 spiro atoms. The molecule has 1 aliphatic carbocycles. The van der Waals surface area contributed by atoms with Crippen LogP contribution < -0.4 is 15.4 Å². The van der Waals surface area contributed by atoms with E-state index in [0.29, 0.717) is 24.6 Å². The maximum Gasteiger partial charge on any atom is 0.240 e. The van der Waals surface area contributed by atoms with E-state index in [4.69, 9.17) is 9.15 Å². The van der Waals surface area contributed by atoms with Gasteiger partial charge in [0, 0.05) is 18.1 Å². The number of likely N-dealkylation sites (tertiary alicyclic amines) is 1. The van der Waals surface area contributed by atoms with Crippen molar-refractivity contribution in [3.63, 3.8) is 0 Å². The number of ether oxygens (including phenoxy) is 1. The van der Waals surface area contributed by atoms with Gasteiger partial charge in [0.2, 0.25) is 17.8 Å². The quantitative estimate of drug-likeness (QED) is 0.178. The highest BCUT2D eigenvalue weighted by atomic mass is 16.5. The molecule has 1 aromatic heterocycles. The van der Waals surface area contributed by atoms with Crippen LogP contribution in [0.4, 0.5) is 5.69 Å². The van der Waals surface area contributed by atoms with Gasteiger partial charge in [-0.3, -0.25) is 14.9 Å².